The van der Waals surface area contributed by atoms with E-state index in [4.69, 9.17) is 0 Å². The molecule has 3 amide bonds. The van der Waals surface area contributed by atoms with Gasteiger partial charge >= 0.3 is 0 Å². The van der Waals surface area contributed by atoms with Crippen molar-refractivity contribution in [3.63, 3.8) is 0 Å². The van der Waals surface area contributed by atoms with Gasteiger partial charge in [-0.1, -0.05) is 61.5 Å². The normalized spacial score (nSPS) is 28.8. The largest absolute Gasteiger partial charge is 0.394 e. The lowest BCUT2D eigenvalue weighted by molar-refractivity contribution is -0.143. The number of carbonyl (C=O) groups is 3. The zero-order chi connectivity index (χ0) is 29.6. The molecule has 2 unspecified atom stereocenters. The third-order valence-corrected chi connectivity index (χ3v) is 11.2. The van der Waals surface area contributed by atoms with E-state index in [1.54, 1.807) is 21.3 Å². The van der Waals surface area contributed by atoms with Crippen LogP contribution in [0.4, 0.5) is 0 Å². The summed E-state index contributed by atoms with van der Waals surface area (Å²) in [5, 5.41) is 25.0. The zero-order valence-corrected chi connectivity index (χ0v) is 25.0. The third-order valence-electron chi connectivity index (χ3n) is 9.23. The predicted molar refractivity (Wildman–Crippen MR) is 160 cm³/mol. The van der Waals surface area contributed by atoms with Crippen molar-refractivity contribution < 1.29 is 19.5 Å². The van der Waals surface area contributed by atoms with Gasteiger partial charge in [0.15, 0.2) is 0 Å². The monoisotopic (exact) mass is 590 g/mol. The Morgan fingerprint density at radius 3 is 2.55 bits per heavy atom. The highest BCUT2D eigenvalue weighted by Crippen LogP contribution is 2.71. The molecule has 11 heteroatoms. The van der Waals surface area contributed by atoms with Gasteiger partial charge in [-0.05, 0) is 49.8 Å². The van der Waals surface area contributed by atoms with Crippen molar-refractivity contribution in [2.24, 2.45) is 17.8 Å². The van der Waals surface area contributed by atoms with Crippen LogP contribution >= 0.6 is 11.8 Å². The van der Waals surface area contributed by atoms with Crippen LogP contribution in [-0.2, 0) is 27.6 Å². The maximum atomic E-state index is 14.4. The molecule has 222 valence electrons. The summed E-state index contributed by atoms with van der Waals surface area (Å²) in [7, 11) is 0. The molecule has 3 saturated heterocycles. The maximum Gasteiger partial charge on any atom is 0.245 e. The lowest BCUT2D eigenvalue weighted by atomic mass is 9.66. The molecule has 3 N–H and O–H groups in total. The van der Waals surface area contributed by atoms with Crippen LogP contribution < -0.4 is 10.6 Å². The Labute approximate surface area is 249 Å². The van der Waals surface area contributed by atoms with E-state index in [1.807, 2.05) is 68.4 Å². The molecular weight excluding hydrogens is 552 g/mol. The third kappa shape index (κ3) is 4.66. The van der Waals surface area contributed by atoms with Crippen molar-refractivity contribution in [3.8, 4) is 0 Å². The predicted octanol–water partition coefficient (Wildman–Crippen LogP) is 2.71. The van der Waals surface area contributed by atoms with Crippen molar-refractivity contribution >= 4 is 40.5 Å². The summed E-state index contributed by atoms with van der Waals surface area (Å²) < 4.78 is 0.390. The Hall–Kier alpha value is -3.44. The average Bonchev–Trinajstić information content (AvgIpc) is 3.69. The van der Waals surface area contributed by atoms with Crippen LogP contribution in [0.25, 0.3) is 11.0 Å². The van der Waals surface area contributed by atoms with Gasteiger partial charge in [0, 0.05) is 11.3 Å². The molecule has 6 atom stereocenters. The number of thioether (sulfide) groups is 1. The first-order chi connectivity index (χ1) is 20.2. The molecule has 1 spiro atoms. The van der Waals surface area contributed by atoms with Crippen LogP contribution in [0.15, 0.2) is 54.6 Å². The summed E-state index contributed by atoms with van der Waals surface area (Å²) in [6.45, 7) is 6.34. The Kier molecular flexibility index (Phi) is 7.51. The molecule has 2 aromatic carbocycles. The molecule has 0 aliphatic carbocycles. The smallest absolute Gasteiger partial charge is 0.245 e. The van der Waals surface area contributed by atoms with Crippen molar-refractivity contribution in [1.82, 2.24) is 30.5 Å². The fourth-order valence-corrected chi connectivity index (χ4v) is 9.80. The van der Waals surface area contributed by atoms with E-state index in [0.29, 0.717) is 19.4 Å². The zero-order valence-electron chi connectivity index (χ0n) is 24.2. The molecule has 0 radical (unpaired) electrons. The van der Waals surface area contributed by atoms with Gasteiger partial charge in [-0.3, -0.25) is 14.4 Å². The van der Waals surface area contributed by atoms with Crippen molar-refractivity contribution in [3.05, 3.63) is 60.2 Å². The minimum atomic E-state index is -0.820. The quantitative estimate of drug-likeness (QED) is 0.331. The van der Waals surface area contributed by atoms with Gasteiger partial charge in [-0.15, -0.1) is 16.9 Å². The van der Waals surface area contributed by atoms with Gasteiger partial charge in [0.2, 0.25) is 17.7 Å². The molecule has 3 aliphatic rings. The van der Waals surface area contributed by atoms with Gasteiger partial charge in [0.1, 0.15) is 18.2 Å². The lowest BCUT2D eigenvalue weighted by Gasteiger charge is -2.37. The topological polar surface area (TPSA) is 129 Å². The molecule has 1 aromatic heterocycles. The summed E-state index contributed by atoms with van der Waals surface area (Å²) in [6.07, 6.45) is 1.92. The number of nitrogens with zero attached hydrogens (tertiary/aromatic N) is 4. The first-order valence-corrected chi connectivity index (χ1v) is 15.5. The number of benzene rings is 2. The summed E-state index contributed by atoms with van der Waals surface area (Å²) in [4.78, 5) is 44.1. The molecule has 4 heterocycles. The summed E-state index contributed by atoms with van der Waals surface area (Å²) in [5.41, 5.74) is 2.50. The number of para-hydroxylation sites is 1. The molecule has 3 aromatic rings. The van der Waals surface area contributed by atoms with E-state index < -0.39 is 33.4 Å². The number of amides is 3. The van der Waals surface area contributed by atoms with Crippen molar-refractivity contribution in [2.75, 3.05) is 6.61 Å². The van der Waals surface area contributed by atoms with E-state index in [9.17, 15) is 19.5 Å². The molecule has 6 rings (SSSR count). The van der Waals surface area contributed by atoms with Gasteiger partial charge in [-0.25, -0.2) is 4.68 Å². The lowest BCUT2D eigenvalue weighted by Crippen LogP contribution is -2.57. The number of hydrogen-bond donors (Lipinski definition) is 3. The van der Waals surface area contributed by atoms with Crippen LogP contribution in [0, 0.1) is 17.8 Å². The van der Waals surface area contributed by atoms with E-state index in [2.05, 4.69) is 27.9 Å². The Bertz CT molecular complexity index is 1500. The van der Waals surface area contributed by atoms with Crippen LogP contribution in [0.5, 0.6) is 0 Å². The Morgan fingerprint density at radius 2 is 1.81 bits per heavy atom. The van der Waals surface area contributed by atoms with Crippen molar-refractivity contribution in [2.45, 2.75) is 74.8 Å². The highest BCUT2D eigenvalue weighted by Gasteiger charge is 2.77. The first kappa shape index (κ1) is 28.7. The number of nitrogens with one attached hydrogen (secondary N) is 2. The number of rotatable bonds is 10. The number of carbonyl (C=O) groups excluding carboxylic acids is 3. The second kappa shape index (κ2) is 11.0. The number of aromatic nitrogens is 3. The number of aliphatic hydroxyl groups excluding tert-OH is 1. The second-order valence-corrected chi connectivity index (χ2v) is 14.3. The molecule has 0 saturated carbocycles. The molecule has 42 heavy (non-hydrogen) atoms. The van der Waals surface area contributed by atoms with Gasteiger partial charge in [0.25, 0.3) is 0 Å². The molecular formula is C31H38N6O4S. The SMILES string of the molecule is CC(C)C[C@H](CO)N1C(=O)[C@@H]2[C@@H](C(=O)NCc3ccccc3)[C@@]3(C)CCC2(S3)C1C(=O)NCn1nnc2ccccc21. The number of hydrogen-bond acceptors (Lipinski definition) is 7. The van der Waals surface area contributed by atoms with E-state index in [-0.39, 0.29) is 36.9 Å². The van der Waals surface area contributed by atoms with Crippen LogP contribution in [-0.4, -0.2) is 70.9 Å². The number of fused-ring (bicyclic) bond motifs is 2. The minimum Gasteiger partial charge on any atom is -0.394 e. The van der Waals surface area contributed by atoms with Gasteiger partial charge < -0.3 is 20.6 Å². The van der Waals surface area contributed by atoms with E-state index in [0.717, 1.165) is 23.0 Å². The number of aliphatic hydroxyl groups is 1. The standard InChI is InChI=1S/C31H38N6O4S/c1-19(2)15-21(17-38)37-26(28(40)33-18-36-23-12-8-7-11-22(23)34-35-36)31-14-13-30(3,42-31)24(25(31)29(37)41)27(39)32-16-20-9-5-4-6-10-20/h4-12,19,21,24-26,38H,13-18H2,1-3H3,(H,32,39)(H,33,40)/t21-,24+,25+,26?,30-,31?/m1/s1. The highest BCUT2D eigenvalue weighted by atomic mass is 32.2. The Balaban J connectivity index is 1.31. The summed E-state index contributed by atoms with van der Waals surface area (Å²) in [6, 6.07) is 15.9. The number of likely N-dealkylation sites (tertiary alicyclic amines) is 1. The molecule has 3 fully saturated rings. The fourth-order valence-electron chi connectivity index (χ4n) is 7.46. The van der Waals surface area contributed by atoms with Gasteiger partial charge in [-0.2, -0.15) is 0 Å². The Morgan fingerprint density at radius 1 is 1.07 bits per heavy atom. The minimum absolute atomic E-state index is 0.0928. The fraction of sp³-hybridized carbons (Fsp3) is 0.516. The van der Waals surface area contributed by atoms with Crippen LogP contribution in [0.2, 0.25) is 0 Å². The first-order valence-electron chi connectivity index (χ1n) is 14.7. The average molecular weight is 591 g/mol. The maximum absolute atomic E-state index is 14.4. The summed E-state index contributed by atoms with van der Waals surface area (Å²) >= 11 is 1.63. The highest BCUT2D eigenvalue weighted by molar-refractivity contribution is 8.02. The molecule has 10 nitrogen and oxygen atoms in total. The van der Waals surface area contributed by atoms with Crippen LogP contribution in [0.3, 0.4) is 0 Å². The van der Waals surface area contributed by atoms with E-state index >= 15 is 0 Å². The van der Waals surface area contributed by atoms with E-state index in [1.165, 1.54) is 0 Å². The summed E-state index contributed by atoms with van der Waals surface area (Å²) in [5.74, 6) is -1.70. The second-order valence-electron chi connectivity index (χ2n) is 12.4. The van der Waals surface area contributed by atoms with Crippen molar-refractivity contribution in [1.29, 1.82) is 0 Å². The molecule has 2 bridgehead atoms. The molecule has 3 aliphatic heterocycles. The van der Waals surface area contributed by atoms with Gasteiger partial charge in [0.05, 0.1) is 34.7 Å². The van der Waals surface area contributed by atoms with Crippen LogP contribution in [0.1, 0.15) is 45.6 Å².